The average molecular weight is 513 g/mol. The van der Waals surface area contributed by atoms with Gasteiger partial charge < -0.3 is 9.47 Å². The second-order valence-electron chi connectivity index (χ2n) is 10.9. The summed E-state index contributed by atoms with van der Waals surface area (Å²) >= 11 is 0. The minimum atomic E-state index is 0.435. The molecule has 3 aromatic rings. The molecule has 0 spiro atoms. The maximum atomic E-state index is 5.43. The van der Waals surface area contributed by atoms with E-state index in [1.54, 1.807) is 12.7 Å². The summed E-state index contributed by atoms with van der Waals surface area (Å²) < 4.78 is 10.8. The van der Waals surface area contributed by atoms with Crippen molar-refractivity contribution in [1.29, 1.82) is 0 Å². The molecule has 0 fully saturated rings. The summed E-state index contributed by atoms with van der Waals surface area (Å²) in [6, 6.07) is 21.4. The van der Waals surface area contributed by atoms with Crippen LogP contribution in [0.5, 0.6) is 5.75 Å². The van der Waals surface area contributed by atoms with Crippen LogP contribution in [-0.4, -0.2) is 13.7 Å². The molecule has 4 aliphatic rings. The van der Waals surface area contributed by atoms with Crippen LogP contribution in [0, 0.1) is 5.92 Å². The van der Waals surface area contributed by atoms with Gasteiger partial charge in [-0.2, -0.15) is 0 Å². The number of fused-ring (bicyclic) bond motifs is 5. The molecule has 1 heterocycles. The molecule has 2 nitrogen and oxygen atoms in total. The van der Waals surface area contributed by atoms with Crippen molar-refractivity contribution in [3.63, 3.8) is 0 Å². The molecule has 2 atom stereocenters. The monoisotopic (exact) mass is 512 g/mol. The van der Waals surface area contributed by atoms with Crippen molar-refractivity contribution in [2.75, 3.05) is 13.7 Å². The molecule has 3 aromatic carbocycles. The smallest absolute Gasteiger partial charge is 0.126 e. The van der Waals surface area contributed by atoms with E-state index in [1.807, 2.05) is 30.3 Å². The zero-order valence-corrected chi connectivity index (χ0v) is 23.1. The first-order valence-electron chi connectivity index (χ1n) is 14.0. The number of benzene rings is 3. The van der Waals surface area contributed by atoms with E-state index in [-0.39, 0.29) is 0 Å². The van der Waals surface area contributed by atoms with Gasteiger partial charge in [-0.25, -0.2) is 0 Å². The van der Waals surface area contributed by atoms with Crippen molar-refractivity contribution in [1.82, 2.24) is 0 Å². The topological polar surface area (TPSA) is 18.5 Å². The molecule has 1 aliphatic heterocycles. The highest BCUT2D eigenvalue weighted by molar-refractivity contribution is 5.83. The lowest BCUT2D eigenvalue weighted by molar-refractivity contribution is 0.184. The minimum Gasteiger partial charge on any atom is -0.489 e. The van der Waals surface area contributed by atoms with E-state index in [4.69, 9.17) is 9.47 Å². The molecular formula is C37H36O2. The lowest BCUT2D eigenvalue weighted by atomic mass is 9.77. The van der Waals surface area contributed by atoms with Gasteiger partial charge in [-0.15, -0.1) is 0 Å². The molecule has 0 N–H and O–H groups in total. The highest BCUT2D eigenvalue weighted by Crippen LogP contribution is 2.39. The average Bonchev–Trinajstić information content (AvgIpc) is 2.98. The fourth-order valence-electron chi connectivity index (χ4n) is 6.11. The lowest BCUT2D eigenvalue weighted by Crippen LogP contribution is -2.34. The van der Waals surface area contributed by atoms with E-state index in [2.05, 4.69) is 86.7 Å². The molecule has 2 heteroatoms. The molecule has 0 radical (unpaired) electrons. The molecule has 39 heavy (non-hydrogen) atoms. The van der Waals surface area contributed by atoms with Gasteiger partial charge in [0, 0.05) is 18.6 Å². The number of ether oxygens (including phenoxy) is 2. The Bertz CT molecular complexity index is 1650. The van der Waals surface area contributed by atoms with Gasteiger partial charge in [0.15, 0.2) is 0 Å². The van der Waals surface area contributed by atoms with Crippen molar-refractivity contribution in [3.8, 4) is 5.75 Å². The molecule has 0 saturated carbocycles. The van der Waals surface area contributed by atoms with Crippen molar-refractivity contribution in [2.24, 2.45) is 5.92 Å². The van der Waals surface area contributed by atoms with Gasteiger partial charge in [0.1, 0.15) is 12.4 Å². The van der Waals surface area contributed by atoms with E-state index in [1.165, 1.54) is 49.4 Å². The molecule has 0 aromatic heterocycles. The molecule has 0 bridgehead atoms. The summed E-state index contributed by atoms with van der Waals surface area (Å²) in [5, 5.41) is 2.85. The number of methoxy groups -OCH3 is 1. The molecule has 1 unspecified atom stereocenters. The third-order valence-corrected chi connectivity index (χ3v) is 8.33. The second kappa shape index (κ2) is 11.1. The summed E-state index contributed by atoms with van der Waals surface area (Å²) in [7, 11) is 1.77. The van der Waals surface area contributed by atoms with Gasteiger partial charge in [0.2, 0.25) is 0 Å². The number of hydrogen-bond acceptors (Lipinski definition) is 2. The standard InChI is InChI=1S/C28H28O.C9H8O/c1-18-14-20-9-12-26-25-11-8-21(24-7-5-4-6-23(24)17-29-3)16-22(25)10-13-27(26)28(20)15-19(18)2;1-2-6-9-8(4-1)5-3-7-10-9/h4-9,11-15,19,21H,10,16-17H2,1-3H3;1-6H,7H2/t19?,21-;/m1./s1. The van der Waals surface area contributed by atoms with Crippen LogP contribution < -0.4 is 15.2 Å². The molecule has 196 valence electrons. The van der Waals surface area contributed by atoms with Gasteiger partial charge in [0.05, 0.1) is 6.61 Å². The normalized spacial score (nSPS) is 20.0. The van der Waals surface area contributed by atoms with E-state index in [0.29, 0.717) is 25.0 Å². The highest BCUT2D eigenvalue weighted by Gasteiger charge is 2.23. The van der Waals surface area contributed by atoms with Gasteiger partial charge >= 0.3 is 0 Å². The second-order valence-corrected chi connectivity index (χ2v) is 10.9. The van der Waals surface area contributed by atoms with Gasteiger partial charge in [0.25, 0.3) is 0 Å². The fraction of sp³-hybridized carbons (Fsp3) is 0.243. The summed E-state index contributed by atoms with van der Waals surface area (Å²) in [4.78, 5) is 0. The minimum absolute atomic E-state index is 0.435. The van der Waals surface area contributed by atoms with Crippen molar-refractivity contribution in [3.05, 3.63) is 128 Å². The van der Waals surface area contributed by atoms with Crippen LogP contribution in [0.3, 0.4) is 0 Å². The van der Waals surface area contributed by atoms with Gasteiger partial charge in [-0.1, -0.05) is 109 Å². The summed E-state index contributed by atoms with van der Waals surface area (Å²) in [5.74, 6) is 1.94. The van der Waals surface area contributed by atoms with Crippen molar-refractivity contribution in [2.45, 2.75) is 39.2 Å². The maximum absolute atomic E-state index is 5.43. The Hall–Kier alpha value is -3.88. The van der Waals surface area contributed by atoms with E-state index < -0.39 is 0 Å². The van der Waals surface area contributed by atoms with Crippen LogP contribution in [0.4, 0.5) is 0 Å². The van der Waals surface area contributed by atoms with Crippen LogP contribution >= 0.6 is 0 Å². The third-order valence-electron chi connectivity index (χ3n) is 8.33. The zero-order valence-electron chi connectivity index (χ0n) is 23.1. The third kappa shape index (κ3) is 5.10. The lowest BCUT2D eigenvalue weighted by Gasteiger charge is -2.27. The highest BCUT2D eigenvalue weighted by atomic mass is 16.5. The number of allylic oxidation sites excluding steroid dienone is 5. The Morgan fingerprint density at radius 3 is 2.64 bits per heavy atom. The van der Waals surface area contributed by atoms with Crippen LogP contribution in [0.1, 0.15) is 60.4 Å². The Kier molecular flexibility index (Phi) is 7.22. The van der Waals surface area contributed by atoms with Crippen molar-refractivity contribution >= 4 is 29.9 Å². The van der Waals surface area contributed by atoms with Gasteiger partial charge in [-0.05, 0) is 76.1 Å². The van der Waals surface area contributed by atoms with Crippen LogP contribution in [0.2, 0.25) is 0 Å². The molecule has 3 aliphatic carbocycles. The predicted octanol–water partition coefficient (Wildman–Crippen LogP) is 7.44. The summed E-state index contributed by atoms with van der Waals surface area (Å²) in [6.07, 6.45) is 18.3. The predicted molar refractivity (Wildman–Crippen MR) is 164 cm³/mol. The summed E-state index contributed by atoms with van der Waals surface area (Å²) in [6.45, 7) is 5.91. The molecular weight excluding hydrogens is 476 g/mol. The number of rotatable bonds is 3. The van der Waals surface area contributed by atoms with Gasteiger partial charge in [-0.3, -0.25) is 0 Å². The first-order chi connectivity index (χ1) is 19.1. The molecule has 0 saturated heterocycles. The number of para-hydroxylation sites is 1. The first kappa shape index (κ1) is 25.4. The number of hydrogen-bond donors (Lipinski definition) is 0. The first-order valence-corrected chi connectivity index (χ1v) is 14.0. The maximum Gasteiger partial charge on any atom is 0.126 e. The largest absolute Gasteiger partial charge is 0.489 e. The van der Waals surface area contributed by atoms with E-state index >= 15 is 0 Å². The summed E-state index contributed by atoms with van der Waals surface area (Å²) in [5.41, 5.74) is 11.1. The molecule has 7 rings (SSSR count). The SMILES string of the molecule is C1=Cc2ccccc2OC1.COCc1ccccc1[C@@H]1C=CC2=C(CC=c3c2ccc2c3=CC(C)C(C)=C2)C1. The van der Waals surface area contributed by atoms with Crippen molar-refractivity contribution < 1.29 is 9.47 Å². The Balaban J connectivity index is 0.000000231. The Labute approximate surface area is 232 Å². The quantitative estimate of drug-likeness (QED) is 0.363. The fourth-order valence-corrected chi connectivity index (χ4v) is 6.11. The van der Waals surface area contributed by atoms with E-state index in [9.17, 15) is 0 Å². The Morgan fingerprint density at radius 2 is 1.77 bits per heavy atom. The zero-order chi connectivity index (χ0) is 26.8. The molecule has 0 amide bonds. The van der Waals surface area contributed by atoms with E-state index in [0.717, 1.165) is 18.6 Å². The van der Waals surface area contributed by atoms with Crippen LogP contribution in [0.25, 0.3) is 29.9 Å². The Morgan fingerprint density at radius 1 is 0.923 bits per heavy atom. The van der Waals surface area contributed by atoms with Crippen LogP contribution in [0.15, 0.2) is 90.0 Å². The van der Waals surface area contributed by atoms with Crippen LogP contribution in [-0.2, 0) is 11.3 Å².